The van der Waals surface area contributed by atoms with E-state index in [1.165, 1.54) is 24.3 Å². The highest BCUT2D eigenvalue weighted by atomic mass is 19.1. The first-order valence-electron chi connectivity index (χ1n) is 3.55. The lowest BCUT2D eigenvalue weighted by Crippen LogP contribution is -1.96. The molecular formula is C9H6FNO2. The number of halogens is 1. The topological polar surface area (TPSA) is 43.1 Å². The molecule has 0 N–H and O–H groups in total. The van der Waals surface area contributed by atoms with Crippen LogP contribution in [-0.4, -0.2) is 11.5 Å². The van der Waals surface area contributed by atoms with Crippen LogP contribution >= 0.6 is 0 Å². The van der Waals surface area contributed by atoms with Crippen molar-refractivity contribution in [2.75, 3.05) is 6.54 Å². The summed E-state index contributed by atoms with van der Waals surface area (Å²) in [6.07, 6.45) is 0. The first-order chi connectivity index (χ1) is 6.18. The zero-order valence-electron chi connectivity index (χ0n) is 6.66. The van der Waals surface area contributed by atoms with Crippen LogP contribution in [0.2, 0.25) is 0 Å². The number of nitrogens with zero attached hydrogens (tertiary/aromatic N) is 1. The summed E-state index contributed by atoms with van der Waals surface area (Å²) in [6, 6.07) is 5.47. The van der Waals surface area contributed by atoms with Crippen LogP contribution in [0.15, 0.2) is 24.3 Å². The van der Waals surface area contributed by atoms with Gasteiger partial charge in [-0.1, -0.05) is 5.92 Å². The van der Waals surface area contributed by atoms with Crippen LogP contribution in [0.5, 0.6) is 0 Å². The minimum atomic E-state index is -0.517. The molecule has 0 aliphatic carbocycles. The van der Waals surface area contributed by atoms with Crippen LogP contribution in [0.4, 0.5) is 4.39 Å². The van der Waals surface area contributed by atoms with Crippen molar-refractivity contribution < 1.29 is 9.31 Å². The molecule has 3 nitrogen and oxygen atoms in total. The highest BCUT2D eigenvalue weighted by Crippen LogP contribution is 2.00. The smallest absolute Gasteiger partial charge is 0.263 e. The van der Waals surface area contributed by atoms with Gasteiger partial charge in [-0.05, 0) is 30.2 Å². The molecule has 0 unspecified atom stereocenters. The summed E-state index contributed by atoms with van der Waals surface area (Å²) in [5, 5.41) is 9.89. The molecule has 0 heterocycles. The Bertz CT molecular complexity index is 361. The van der Waals surface area contributed by atoms with E-state index >= 15 is 0 Å². The molecule has 0 amide bonds. The quantitative estimate of drug-likeness (QED) is 0.372. The molecule has 1 aromatic rings. The van der Waals surface area contributed by atoms with Crippen LogP contribution in [0.1, 0.15) is 5.56 Å². The molecule has 0 saturated heterocycles. The van der Waals surface area contributed by atoms with E-state index in [1.807, 2.05) is 0 Å². The monoisotopic (exact) mass is 179 g/mol. The molecule has 0 atom stereocenters. The fourth-order valence-corrected chi connectivity index (χ4v) is 0.739. The highest BCUT2D eigenvalue weighted by molar-refractivity contribution is 5.33. The Morgan fingerprint density at radius 3 is 2.54 bits per heavy atom. The molecule has 0 bridgehead atoms. The van der Waals surface area contributed by atoms with Crippen LogP contribution in [0.25, 0.3) is 0 Å². The highest BCUT2D eigenvalue weighted by Gasteiger charge is 1.90. The summed E-state index contributed by atoms with van der Waals surface area (Å²) in [4.78, 5) is 9.37. The lowest BCUT2D eigenvalue weighted by atomic mass is 10.2. The van der Waals surface area contributed by atoms with Crippen molar-refractivity contribution in [3.8, 4) is 11.8 Å². The Hall–Kier alpha value is -1.89. The predicted molar refractivity (Wildman–Crippen MR) is 45.1 cm³/mol. The third-order valence-corrected chi connectivity index (χ3v) is 1.29. The van der Waals surface area contributed by atoms with Crippen molar-refractivity contribution in [2.24, 2.45) is 0 Å². The van der Waals surface area contributed by atoms with Gasteiger partial charge in [-0.3, -0.25) is 10.1 Å². The number of hydrogen-bond donors (Lipinski definition) is 0. The Morgan fingerprint density at radius 2 is 2.00 bits per heavy atom. The van der Waals surface area contributed by atoms with E-state index in [0.717, 1.165) is 0 Å². The molecule has 0 aliphatic rings. The lowest BCUT2D eigenvalue weighted by molar-refractivity contribution is -0.466. The van der Waals surface area contributed by atoms with Gasteiger partial charge in [-0.2, -0.15) is 0 Å². The average Bonchev–Trinajstić information content (AvgIpc) is 2.08. The zero-order valence-corrected chi connectivity index (χ0v) is 6.66. The van der Waals surface area contributed by atoms with E-state index in [9.17, 15) is 14.5 Å². The van der Waals surface area contributed by atoms with Crippen LogP contribution in [0, 0.1) is 27.8 Å². The predicted octanol–water partition coefficient (Wildman–Crippen LogP) is 1.45. The van der Waals surface area contributed by atoms with Crippen LogP contribution < -0.4 is 0 Å². The normalized spacial score (nSPS) is 8.69. The van der Waals surface area contributed by atoms with Gasteiger partial charge in [0.2, 0.25) is 0 Å². The fourth-order valence-electron chi connectivity index (χ4n) is 0.739. The summed E-state index contributed by atoms with van der Waals surface area (Å²) in [5.41, 5.74) is 0.572. The van der Waals surface area contributed by atoms with Crippen molar-refractivity contribution in [2.45, 2.75) is 0 Å². The molecule has 66 valence electrons. The van der Waals surface area contributed by atoms with Gasteiger partial charge in [0, 0.05) is 10.5 Å². The molecule has 1 aromatic carbocycles. The minimum absolute atomic E-state index is 0.347. The second-order valence-corrected chi connectivity index (χ2v) is 2.30. The van der Waals surface area contributed by atoms with Gasteiger partial charge in [0.15, 0.2) is 0 Å². The van der Waals surface area contributed by atoms with E-state index in [4.69, 9.17) is 0 Å². The van der Waals surface area contributed by atoms with Crippen LogP contribution in [-0.2, 0) is 0 Å². The molecule has 0 saturated carbocycles. The van der Waals surface area contributed by atoms with Gasteiger partial charge < -0.3 is 0 Å². The second-order valence-electron chi connectivity index (χ2n) is 2.30. The Balaban J connectivity index is 2.67. The Kier molecular flexibility index (Phi) is 2.98. The molecule has 0 aromatic heterocycles. The maximum atomic E-state index is 12.4. The summed E-state index contributed by atoms with van der Waals surface area (Å²) in [6.45, 7) is -0.391. The molecule has 0 aliphatic heterocycles. The summed E-state index contributed by atoms with van der Waals surface area (Å²) in [5.74, 6) is 4.55. The third-order valence-electron chi connectivity index (χ3n) is 1.29. The minimum Gasteiger partial charge on any atom is -0.264 e. The Morgan fingerprint density at radius 1 is 1.38 bits per heavy atom. The van der Waals surface area contributed by atoms with Gasteiger partial charge in [0.05, 0.1) is 0 Å². The summed E-state index contributed by atoms with van der Waals surface area (Å²) >= 11 is 0. The summed E-state index contributed by atoms with van der Waals surface area (Å²) < 4.78 is 12.4. The molecule has 0 radical (unpaired) electrons. The molecule has 13 heavy (non-hydrogen) atoms. The fraction of sp³-hybridized carbons (Fsp3) is 0.111. The second kappa shape index (κ2) is 4.21. The van der Waals surface area contributed by atoms with E-state index in [1.54, 1.807) is 0 Å². The lowest BCUT2D eigenvalue weighted by Gasteiger charge is -1.88. The number of hydrogen-bond acceptors (Lipinski definition) is 2. The van der Waals surface area contributed by atoms with E-state index in [0.29, 0.717) is 5.56 Å². The van der Waals surface area contributed by atoms with Gasteiger partial charge >= 0.3 is 0 Å². The number of nitro groups is 1. The van der Waals surface area contributed by atoms with E-state index in [2.05, 4.69) is 11.8 Å². The van der Waals surface area contributed by atoms with Gasteiger partial charge in [0.1, 0.15) is 5.82 Å². The first kappa shape index (κ1) is 9.20. The zero-order chi connectivity index (χ0) is 9.68. The molecule has 1 rings (SSSR count). The van der Waals surface area contributed by atoms with Crippen molar-refractivity contribution in [1.82, 2.24) is 0 Å². The van der Waals surface area contributed by atoms with Gasteiger partial charge in [0.25, 0.3) is 6.54 Å². The van der Waals surface area contributed by atoms with Gasteiger partial charge in [-0.15, -0.1) is 0 Å². The van der Waals surface area contributed by atoms with E-state index in [-0.39, 0.29) is 5.82 Å². The maximum absolute atomic E-state index is 12.4. The number of benzene rings is 1. The molecule has 4 heteroatoms. The first-order valence-corrected chi connectivity index (χ1v) is 3.55. The maximum Gasteiger partial charge on any atom is 0.263 e. The van der Waals surface area contributed by atoms with Crippen molar-refractivity contribution in [3.63, 3.8) is 0 Å². The Labute approximate surface area is 74.3 Å². The summed E-state index contributed by atoms with van der Waals surface area (Å²) in [7, 11) is 0. The largest absolute Gasteiger partial charge is 0.264 e. The standard InChI is InChI=1S/C9H6FNO2/c10-9-5-3-8(4-6-9)2-1-7-11(12)13/h3-6H,7H2. The van der Waals surface area contributed by atoms with E-state index < -0.39 is 11.5 Å². The van der Waals surface area contributed by atoms with Crippen LogP contribution in [0.3, 0.4) is 0 Å². The van der Waals surface area contributed by atoms with Crippen molar-refractivity contribution >= 4 is 0 Å². The molecule has 0 spiro atoms. The average molecular weight is 179 g/mol. The molecule has 0 fully saturated rings. The molecular weight excluding hydrogens is 173 g/mol. The SMILES string of the molecule is O=[N+]([O-])CC#Cc1ccc(F)cc1. The van der Waals surface area contributed by atoms with Crippen molar-refractivity contribution in [1.29, 1.82) is 0 Å². The third kappa shape index (κ3) is 3.34. The van der Waals surface area contributed by atoms with Crippen molar-refractivity contribution in [3.05, 3.63) is 45.8 Å². The number of rotatable bonds is 1. The van der Waals surface area contributed by atoms with Gasteiger partial charge in [-0.25, -0.2) is 4.39 Å².